The smallest absolute Gasteiger partial charge is 0.237 e. The number of amides is 1. The van der Waals surface area contributed by atoms with E-state index in [0.717, 1.165) is 16.7 Å². The lowest BCUT2D eigenvalue weighted by molar-refractivity contribution is -0.126. The molecule has 0 saturated carbocycles. The molecule has 0 unspecified atom stereocenters. The van der Waals surface area contributed by atoms with Crippen molar-refractivity contribution in [2.75, 3.05) is 7.05 Å². The van der Waals surface area contributed by atoms with Crippen LogP contribution in [-0.2, 0) is 11.3 Å². The second kappa shape index (κ2) is 9.93. The Balaban J connectivity index is 1.76. The van der Waals surface area contributed by atoms with Crippen LogP contribution in [0.3, 0.4) is 0 Å². The van der Waals surface area contributed by atoms with Gasteiger partial charge in [0, 0.05) is 6.54 Å². The predicted octanol–water partition coefficient (Wildman–Crippen LogP) is 5.72. The van der Waals surface area contributed by atoms with Crippen molar-refractivity contribution in [3.05, 3.63) is 106 Å². The van der Waals surface area contributed by atoms with Gasteiger partial charge in [-0.3, -0.25) is 9.69 Å². The van der Waals surface area contributed by atoms with E-state index in [0.29, 0.717) is 16.6 Å². The molecule has 150 valence electrons. The van der Waals surface area contributed by atoms with Crippen LogP contribution >= 0.6 is 23.2 Å². The highest BCUT2D eigenvalue weighted by atomic mass is 35.5. The number of benzene rings is 3. The molecular formula is C24H24Cl2N2O. The Hall–Kier alpha value is -2.33. The number of halogens is 2. The molecular weight excluding hydrogens is 403 g/mol. The van der Waals surface area contributed by atoms with Gasteiger partial charge in [-0.15, -0.1) is 0 Å². The van der Waals surface area contributed by atoms with Crippen molar-refractivity contribution in [3.8, 4) is 0 Å². The van der Waals surface area contributed by atoms with Gasteiger partial charge >= 0.3 is 0 Å². The first kappa shape index (κ1) is 21.4. The van der Waals surface area contributed by atoms with Crippen LogP contribution in [0, 0.1) is 0 Å². The normalized spacial score (nSPS) is 12.2. The van der Waals surface area contributed by atoms with Crippen molar-refractivity contribution in [3.63, 3.8) is 0 Å². The van der Waals surface area contributed by atoms with Gasteiger partial charge in [0.1, 0.15) is 0 Å². The molecule has 1 atom stereocenters. The molecule has 0 bridgehead atoms. The summed E-state index contributed by atoms with van der Waals surface area (Å²) in [6.45, 7) is 2.41. The molecule has 0 fully saturated rings. The quantitative estimate of drug-likeness (QED) is 0.523. The highest BCUT2D eigenvalue weighted by molar-refractivity contribution is 6.42. The van der Waals surface area contributed by atoms with E-state index in [1.807, 2.05) is 91.7 Å². The van der Waals surface area contributed by atoms with E-state index in [4.69, 9.17) is 23.2 Å². The fourth-order valence-corrected chi connectivity index (χ4v) is 3.57. The molecule has 0 aliphatic heterocycles. The zero-order valence-electron chi connectivity index (χ0n) is 16.5. The summed E-state index contributed by atoms with van der Waals surface area (Å²) in [6.07, 6.45) is 0. The number of hydrogen-bond donors (Lipinski definition) is 1. The van der Waals surface area contributed by atoms with Crippen LogP contribution in [0.15, 0.2) is 78.9 Å². The SMILES string of the molecule is C[C@@H](C(=O)NC(c1ccccc1)c1ccccc1)N(C)Cc1cccc(Cl)c1Cl. The summed E-state index contributed by atoms with van der Waals surface area (Å²) in [5.41, 5.74) is 2.98. The molecule has 3 nitrogen and oxygen atoms in total. The lowest BCUT2D eigenvalue weighted by Gasteiger charge is -2.27. The monoisotopic (exact) mass is 426 g/mol. The van der Waals surface area contributed by atoms with Gasteiger partial charge in [-0.25, -0.2) is 0 Å². The van der Waals surface area contributed by atoms with Crippen molar-refractivity contribution in [2.24, 2.45) is 0 Å². The number of nitrogens with one attached hydrogen (secondary N) is 1. The van der Waals surface area contributed by atoms with E-state index < -0.39 is 0 Å². The lowest BCUT2D eigenvalue weighted by atomic mass is 9.98. The summed E-state index contributed by atoms with van der Waals surface area (Å²) >= 11 is 12.4. The van der Waals surface area contributed by atoms with Crippen LogP contribution < -0.4 is 5.32 Å². The Bertz CT molecular complexity index is 908. The summed E-state index contributed by atoms with van der Waals surface area (Å²) in [5, 5.41) is 4.25. The van der Waals surface area contributed by atoms with E-state index >= 15 is 0 Å². The predicted molar refractivity (Wildman–Crippen MR) is 120 cm³/mol. The third-order valence-electron chi connectivity index (χ3n) is 5.04. The van der Waals surface area contributed by atoms with Gasteiger partial charge in [-0.2, -0.15) is 0 Å². The lowest BCUT2D eigenvalue weighted by Crippen LogP contribution is -2.44. The van der Waals surface area contributed by atoms with Crippen LogP contribution in [-0.4, -0.2) is 23.9 Å². The summed E-state index contributed by atoms with van der Waals surface area (Å²) < 4.78 is 0. The van der Waals surface area contributed by atoms with Gasteiger partial charge in [0.05, 0.1) is 22.1 Å². The van der Waals surface area contributed by atoms with Gasteiger partial charge in [0.15, 0.2) is 0 Å². The molecule has 1 amide bonds. The van der Waals surface area contributed by atoms with Crippen LogP contribution in [0.1, 0.15) is 29.7 Å². The largest absolute Gasteiger partial charge is 0.344 e. The summed E-state index contributed by atoms with van der Waals surface area (Å²) in [7, 11) is 1.90. The van der Waals surface area contributed by atoms with Gasteiger partial charge < -0.3 is 5.32 Å². The third kappa shape index (κ3) is 5.39. The second-order valence-corrected chi connectivity index (χ2v) is 7.85. The molecule has 3 aromatic carbocycles. The molecule has 0 radical (unpaired) electrons. The second-order valence-electron chi connectivity index (χ2n) is 7.07. The third-order valence-corrected chi connectivity index (χ3v) is 5.90. The van der Waals surface area contributed by atoms with Crippen molar-refractivity contribution < 1.29 is 4.79 Å². The molecule has 29 heavy (non-hydrogen) atoms. The number of hydrogen-bond acceptors (Lipinski definition) is 2. The fraction of sp³-hybridized carbons (Fsp3) is 0.208. The van der Waals surface area contributed by atoms with Crippen LogP contribution in [0.4, 0.5) is 0 Å². The molecule has 3 rings (SSSR count). The van der Waals surface area contributed by atoms with E-state index in [-0.39, 0.29) is 18.0 Å². The van der Waals surface area contributed by atoms with E-state index in [9.17, 15) is 4.79 Å². The van der Waals surface area contributed by atoms with Crippen LogP contribution in [0.25, 0.3) is 0 Å². The number of likely N-dealkylation sites (N-methyl/N-ethyl adjacent to an activating group) is 1. The van der Waals surface area contributed by atoms with E-state index in [2.05, 4.69) is 5.32 Å². The van der Waals surface area contributed by atoms with Gasteiger partial charge in [-0.05, 0) is 36.7 Å². The molecule has 0 aromatic heterocycles. The average molecular weight is 427 g/mol. The minimum atomic E-state index is -0.347. The first-order chi connectivity index (χ1) is 14.0. The van der Waals surface area contributed by atoms with Gasteiger partial charge in [-0.1, -0.05) is 96.0 Å². The van der Waals surface area contributed by atoms with Crippen molar-refractivity contribution in [1.82, 2.24) is 10.2 Å². The highest BCUT2D eigenvalue weighted by Gasteiger charge is 2.23. The fourth-order valence-electron chi connectivity index (χ4n) is 3.19. The first-order valence-electron chi connectivity index (χ1n) is 9.50. The average Bonchev–Trinajstić information content (AvgIpc) is 2.75. The summed E-state index contributed by atoms with van der Waals surface area (Å²) in [5.74, 6) is -0.0524. The molecule has 5 heteroatoms. The summed E-state index contributed by atoms with van der Waals surface area (Å²) in [6, 6.07) is 25.0. The van der Waals surface area contributed by atoms with Crippen molar-refractivity contribution >= 4 is 29.1 Å². The zero-order valence-corrected chi connectivity index (χ0v) is 18.0. The number of carbonyl (C=O) groups is 1. The molecule has 0 heterocycles. The highest BCUT2D eigenvalue weighted by Crippen LogP contribution is 2.27. The van der Waals surface area contributed by atoms with Gasteiger partial charge in [0.2, 0.25) is 5.91 Å². The van der Waals surface area contributed by atoms with Crippen LogP contribution in [0.2, 0.25) is 10.0 Å². The minimum Gasteiger partial charge on any atom is -0.344 e. The maximum atomic E-state index is 13.1. The molecule has 1 N–H and O–H groups in total. The minimum absolute atomic E-state index is 0.0524. The molecule has 0 aliphatic rings. The van der Waals surface area contributed by atoms with Gasteiger partial charge in [0.25, 0.3) is 0 Å². The number of nitrogens with zero attached hydrogens (tertiary/aromatic N) is 1. The standard InChI is InChI=1S/C24H24Cl2N2O/c1-17(28(2)16-20-14-9-15-21(25)22(20)26)24(29)27-23(18-10-5-3-6-11-18)19-12-7-4-8-13-19/h3-15,17,23H,16H2,1-2H3,(H,27,29)/t17-/m0/s1. The van der Waals surface area contributed by atoms with E-state index in [1.54, 1.807) is 6.07 Å². The molecule has 3 aromatic rings. The Kier molecular flexibility index (Phi) is 7.32. The zero-order chi connectivity index (χ0) is 20.8. The number of carbonyl (C=O) groups excluding carboxylic acids is 1. The number of rotatable bonds is 7. The van der Waals surface area contributed by atoms with Crippen molar-refractivity contribution in [2.45, 2.75) is 25.6 Å². The maximum Gasteiger partial charge on any atom is 0.237 e. The maximum absolute atomic E-state index is 13.1. The molecule has 0 spiro atoms. The Labute approximate surface area is 182 Å². The van der Waals surface area contributed by atoms with E-state index in [1.165, 1.54) is 0 Å². The summed E-state index contributed by atoms with van der Waals surface area (Å²) in [4.78, 5) is 15.0. The Morgan fingerprint density at radius 3 is 2.00 bits per heavy atom. The van der Waals surface area contributed by atoms with Crippen molar-refractivity contribution in [1.29, 1.82) is 0 Å². The Morgan fingerprint density at radius 1 is 0.897 bits per heavy atom. The molecule has 0 saturated heterocycles. The topological polar surface area (TPSA) is 32.3 Å². The first-order valence-corrected chi connectivity index (χ1v) is 10.3. The Morgan fingerprint density at radius 2 is 1.45 bits per heavy atom. The molecule has 0 aliphatic carbocycles. The van der Waals surface area contributed by atoms with Crippen LogP contribution in [0.5, 0.6) is 0 Å².